The highest BCUT2D eigenvalue weighted by Gasteiger charge is 2.74. The molecule has 0 amide bonds. The Morgan fingerprint density at radius 3 is 2.90 bits per heavy atom. The lowest BCUT2D eigenvalue weighted by molar-refractivity contribution is -0.214. The summed E-state index contributed by atoms with van der Waals surface area (Å²) in [5.41, 5.74) is 0.758. The fourth-order valence-electron chi connectivity index (χ4n) is 6.85. The highest BCUT2D eigenvalue weighted by atomic mass is 16.5. The van der Waals surface area contributed by atoms with Gasteiger partial charge in [0.15, 0.2) is 23.4 Å². The third kappa shape index (κ3) is 2.28. The van der Waals surface area contributed by atoms with Crippen molar-refractivity contribution in [2.24, 2.45) is 5.92 Å². The molecule has 3 fully saturated rings. The Bertz CT molecular complexity index is 942. The number of carboxylic acid groups (broad SMARTS) is 1. The Labute approximate surface area is 175 Å². The maximum absolute atomic E-state index is 13.1. The van der Waals surface area contributed by atoms with E-state index in [-0.39, 0.29) is 30.6 Å². The number of hydrogen-bond acceptors (Lipinski definition) is 6. The number of carboxylic acids is 1. The molecule has 3 aliphatic carbocycles. The number of phenols is 1. The normalized spacial score (nSPS) is 36.3. The lowest BCUT2D eigenvalue weighted by atomic mass is 9.48. The summed E-state index contributed by atoms with van der Waals surface area (Å²) >= 11 is 0. The smallest absolute Gasteiger partial charge is 0.305 e. The number of aliphatic carboxylic acids is 1. The lowest BCUT2D eigenvalue weighted by Gasteiger charge is -2.64. The molecular formula is C23H27NO6. The quantitative estimate of drug-likeness (QED) is 0.737. The van der Waals surface area contributed by atoms with E-state index in [4.69, 9.17) is 9.47 Å². The Morgan fingerprint density at radius 1 is 1.30 bits per heavy atom. The van der Waals surface area contributed by atoms with Crippen LogP contribution in [0.1, 0.15) is 49.7 Å². The van der Waals surface area contributed by atoms with Crippen molar-refractivity contribution in [1.29, 1.82) is 0 Å². The molecule has 7 heteroatoms. The van der Waals surface area contributed by atoms with Gasteiger partial charge in [0.25, 0.3) is 0 Å². The molecule has 2 N–H and O–H groups in total. The van der Waals surface area contributed by atoms with Gasteiger partial charge in [-0.2, -0.15) is 0 Å². The third-order valence-electron chi connectivity index (χ3n) is 8.19. The van der Waals surface area contributed by atoms with Gasteiger partial charge in [0.1, 0.15) is 0 Å². The van der Waals surface area contributed by atoms with Crippen LogP contribution in [0, 0.1) is 5.92 Å². The molecular weight excluding hydrogens is 386 g/mol. The zero-order valence-electron chi connectivity index (χ0n) is 16.9. The van der Waals surface area contributed by atoms with Crippen LogP contribution in [0.15, 0.2) is 12.1 Å². The number of phenolic OH excluding ortho intramolecular Hbond substituents is 1. The average Bonchev–Trinajstić information content (AvgIpc) is 3.45. The van der Waals surface area contributed by atoms with E-state index >= 15 is 0 Å². The molecule has 2 bridgehead atoms. The minimum atomic E-state index is -0.885. The second-order valence-electron chi connectivity index (χ2n) is 9.67. The second-order valence-corrected chi connectivity index (χ2v) is 9.67. The van der Waals surface area contributed by atoms with Gasteiger partial charge in [-0.1, -0.05) is 6.07 Å². The molecule has 1 aromatic rings. The summed E-state index contributed by atoms with van der Waals surface area (Å²) in [6.45, 7) is 2.02. The molecule has 1 spiro atoms. The summed E-state index contributed by atoms with van der Waals surface area (Å²) in [4.78, 5) is 26.8. The predicted octanol–water partition coefficient (Wildman–Crippen LogP) is 2.02. The van der Waals surface area contributed by atoms with Crippen molar-refractivity contribution < 1.29 is 29.3 Å². The number of piperidine rings is 1. The molecule has 0 radical (unpaired) electrons. The molecule has 30 heavy (non-hydrogen) atoms. The number of rotatable bonds is 6. The maximum atomic E-state index is 13.1. The molecule has 1 saturated heterocycles. The standard InChI is InChI=1S/C23H27NO6/c25-15-4-3-14-11-17-23(29-10-6-18(27)28)7-5-16(26)21-22(23,19(14)20(15)30-21)8-9-24(17)12-13-1-2-13/h3-4,13,17,21,25H,1-2,5-12H2,(H,27,28)/t17-,21+,22?,23-/m1/s1. The molecule has 6 rings (SSSR count). The molecule has 0 aromatic heterocycles. The molecule has 1 unspecified atom stereocenters. The molecule has 5 aliphatic rings. The number of likely N-dealkylation sites (tertiary alicyclic amines) is 1. The number of benzene rings is 1. The van der Waals surface area contributed by atoms with Crippen LogP contribution in [0.4, 0.5) is 0 Å². The molecule has 2 aliphatic heterocycles. The third-order valence-corrected chi connectivity index (χ3v) is 8.19. The fourth-order valence-corrected chi connectivity index (χ4v) is 6.85. The van der Waals surface area contributed by atoms with Crippen LogP contribution in [0.5, 0.6) is 11.5 Å². The van der Waals surface area contributed by atoms with Crippen molar-refractivity contribution >= 4 is 11.8 Å². The van der Waals surface area contributed by atoms with Crippen molar-refractivity contribution in [1.82, 2.24) is 4.90 Å². The van der Waals surface area contributed by atoms with E-state index in [0.717, 1.165) is 43.0 Å². The fraction of sp³-hybridized carbons (Fsp3) is 0.652. The van der Waals surface area contributed by atoms with Gasteiger partial charge >= 0.3 is 5.97 Å². The van der Waals surface area contributed by atoms with Crippen molar-refractivity contribution in [2.45, 2.75) is 68.1 Å². The van der Waals surface area contributed by atoms with Crippen LogP contribution in [0.25, 0.3) is 0 Å². The maximum Gasteiger partial charge on any atom is 0.305 e. The number of aromatic hydroxyl groups is 1. The van der Waals surface area contributed by atoms with E-state index in [1.807, 2.05) is 6.07 Å². The van der Waals surface area contributed by atoms with E-state index < -0.39 is 23.1 Å². The highest BCUT2D eigenvalue weighted by Crippen LogP contribution is 2.66. The number of carbonyl (C=O) groups excluding carboxylic acids is 1. The number of ether oxygens (including phenoxy) is 2. The summed E-state index contributed by atoms with van der Waals surface area (Å²) in [5.74, 6) is 0.416. The van der Waals surface area contributed by atoms with Gasteiger partial charge < -0.3 is 19.7 Å². The van der Waals surface area contributed by atoms with Crippen LogP contribution in [0.2, 0.25) is 0 Å². The van der Waals surface area contributed by atoms with Gasteiger partial charge in [0.05, 0.1) is 24.0 Å². The van der Waals surface area contributed by atoms with Gasteiger partial charge in [-0.3, -0.25) is 14.5 Å². The van der Waals surface area contributed by atoms with Crippen molar-refractivity contribution in [3.05, 3.63) is 23.3 Å². The molecule has 7 nitrogen and oxygen atoms in total. The summed E-state index contributed by atoms with van der Waals surface area (Å²) in [5, 5.41) is 19.8. The van der Waals surface area contributed by atoms with Gasteiger partial charge in [0.2, 0.25) is 0 Å². The van der Waals surface area contributed by atoms with Gasteiger partial charge in [-0.25, -0.2) is 0 Å². The molecule has 4 atom stereocenters. The predicted molar refractivity (Wildman–Crippen MR) is 106 cm³/mol. The topological polar surface area (TPSA) is 96.3 Å². The van der Waals surface area contributed by atoms with E-state index in [9.17, 15) is 19.8 Å². The van der Waals surface area contributed by atoms with Gasteiger partial charge in [-0.15, -0.1) is 0 Å². The first-order valence-electron chi connectivity index (χ1n) is 11.1. The first-order chi connectivity index (χ1) is 14.5. The van der Waals surface area contributed by atoms with Crippen LogP contribution in [-0.4, -0.2) is 64.3 Å². The van der Waals surface area contributed by atoms with Gasteiger partial charge in [0, 0.05) is 24.6 Å². The van der Waals surface area contributed by atoms with Crippen LogP contribution in [-0.2, 0) is 26.2 Å². The molecule has 2 saturated carbocycles. The van der Waals surface area contributed by atoms with E-state index in [2.05, 4.69) is 4.90 Å². The highest BCUT2D eigenvalue weighted by molar-refractivity contribution is 5.90. The summed E-state index contributed by atoms with van der Waals surface area (Å²) < 4.78 is 12.8. The van der Waals surface area contributed by atoms with Gasteiger partial charge in [-0.05, 0) is 56.2 Å². The first-order valence-corrected chi connectivity index (χ1v) is 11.1. The number of ketones is 1. The zero-order valence-corrected chi connectivity index (χ0v) is 16.9. The van der Waals surface area contributed by atoms with Crippen LogP contribution < -0.4 is 4.74 Å². The Balaban J connectivity index is 1.52. The number of Topliss-reactive ketones (excluding diaryl/α,β-unsaturated/α-hetero) is 1. The monoisotopic (exact) mass is 413 g/mol. The SMILES string of the molecule is O=C(O)CCO[C@@]12CCC(=O)[C@@H]3Oc4c(O)ccc5c4C31CCN(CC1CC1)[C@@H]2C5. The number of carbonyl (C=O) groups is 2. The largest absolute Gasteiger partial charge is 0.504 e. The summed E-state index contributed by atoms with van der Waals surface area (Å²) in [6.07, 6.45) is 4.23. The molecule has 1 aromatic carbocycles. The van der Waals surface area contributed by atoms with E-state index in [1.165, 1.54) is 12.8 Å². The number of nitrogens with zero attached hydrogens (tertiary/aromatic N) is 1. The minimum Gasteiger partial charge on any atom is -0.504 e. The first kappa shape index (κ1) is 18.6. The summed E-state index contributed by atoms with van der Waals surface area (Å²) in [6, 6.07) is 3.73. The lowest BCUT2D eigenvalue weighted by Crippen LogP contribution is -2.77. The Morgan fingerprint density at radius 2 is 2.13 bits per heavy atom. The van der Waals surface area contributed by atoms with Crippen LogP contribution >= 0.6 is 0 Å². The van der Waals surface area contributed by atoms with Crippen molar-refractivity contribution in [2.75, 3.05) is 19.7 Å². The van der Waals surface area contributed by atoms with Crippen molar-refractivity contribution in [3.8, 4) is 11.5 Å². The summed E-state index contributed by atoms with van der Waals surface area (Å²) in [7, 11) is 0. The zero-order chi connectivity index (χ0) is 20.7. The average molecular weight is 413 g/mol. The molecule has 160 valence electrons. The van der Waals surface area contributed by atoms with E-state index in [0.29, 0.717) is 18.6 Å². The Hall–Kier alpha value is -2.12. The van der Waals surface area contributed by atoms with Crippen LogP contribution in [0.3, 0.4) is 0 Å². The number of hydrogen-bond donors (Lipinski definition) is 2. The Kier molecular flexibility index (Phi) is 3.85. The van der Waals surface area contributed by atoms with E-state index in [1.54, 1.807) is 6.07 Å². The van der Waals surface area contributed by atoms with Crippen molar-refractivity contribution in [3.63, 3.8) is 0 Å². The minimum absolute atomic E-state index is 0.0605. The molecule has 2 heterocycles. The second kappa shape index (κ2) is 6.20.